The van der Waals surface area contributed by atoms with Gasteiger partial charge in [0.2, 0.25) is 5.72 Å². The van der Waals surface area contributed by atoms with Crippen LogP contribution < -0.4 is 5.32 Å². The van der Waals surface area contributed by atoms with E-state index in [-0.39, 0.29) is 5.91 Å². The fourth-order valence-corrected chi connectivity index (χ4v) is 2.97. The molecule has 1 amide bonds. The molecule has 2 aromatic carbocycles. The Hall–Kier alpha value is -2.50. The van der Waals surface area contributed by atoms with Crippen molar-refractivity contribution in [3.05, 3.63) is 71.8 Å². The first kappa shape index (κ1) is 14.1. The van der Waals surface area contributed by atoms with Gasteiger partial charge in [-0.2, -0.15) is 9.78 Å². The van der Waals surface area contributed by atoms with E-state index in [9.17, 15) is 4.79 Å². The van der Waals surface area contributed by atoms with Crippen molar-refractivity contribution in [1.29, 1.82) is 0 Å². The molecule has 2 unspecified atom stereocenters. The molecule has 0 aromatic heterocycles. The Morgan fingerprint density at radius 3 is 2.26 bits per heavy atom. The Kier molecular flexibility index (Phi) is 3.07. The van der Waals surface area contributed by atoms with Gasteiger partial charge in [0, 0.05) is 17.5 Å². The number of benzene rings is 2. The maximum absolute atomic E-state index is 12.5. The predicted molar refractivity (Wildman–Crippen MR) is 84.4 cm³/mol. The highest BCUT2D eigenvalue weighted by Crippen LogP contribution is 2.42. The van der Waals surface area contributed by atoms with Crippen LogP contribution in [-0.2, 0) is 20.3 Å². The second kappa shape index (κ2) is 5.01. The summed E-state index contributed by atoms with van der Waals surface area (Å²) < 4.78 is 0. The van der Waals surface area contributed by atoms with Crippen LogP contribution in [0.1, 0.15) is 24.5 Å². The van der Waals surface area contributed by atoms with Gasteiger partial charge in [0.25, 0.3) is 11.6 Å². The lowest BCUT2D eigenvalue weighted by molar-refractivity contribution is -0.422. The lowest BCUT2D eigenvalue weighted by atomic mass is 9.88. The smallest absolute Gasteiger partial charge is 0.281 e. The number of amides is 1. The number of nitrogens with one attached hydrogen (secondary N) is 1. The lowest BCUT2D eigenvalue weighted by Crippen LogP contribution is -2.70. The number of hydrogen-bond donors (Lipinski definition) is 1. The fraction of sp³-hybridized carbons (Fsp3) is 0.222. The van der Waals surface area contributed by atoms with E-state index in [0.717, 1.165) is 11.1 Å². The molecule has 2 atom stereocenters. The van der Waals surface area contributed by atoms with Gasteiger partial charge in [0.05, 0.1) is 0 Å². The zero-order valence-electron chi connectivity index (χ0n) is 12.7. The summed E-state index contributed by atoms with van der Waals surface area (Å²) in [4.78, 5) is 28.4. The number of rotatable bonds is 3. The van der Waals surface area contributed by atoms with E-state index in [1.165, 1.54) is 0 Å². The van der Waals surface area contributed by atoms with Gasteiger partial charge < -0.3 is 5.32 Å². The van der Waals surface area contributed by atoms with Crippen LogP contribution in [0.5, 0.6) is 0 Å². The van der Waals surface area contributed by atoms with Crippen LogP contribution in [0.2, 0.25) is 0 Å². The number of carbonyl (C=O) groups excluding carboxylic acids is 1. The molecule has 0 spiro atoms. The third-order valence-corrected chi connectivity index (χ3v) is 4.28. The van der Waals surface area contributed by atoms with Crippen LogP contribution in [-0.4, -0.2) is 17.3 Å². The number of fused-ring (bicyclic) bond motifs is 2. The van der Waals surface area contributed by atoms with E-state index < -0.39 is 11.4 Å². The SMILES string of the molecule is CCC12N=C(c3ccccc3)C(c3ccccc3)(NC1=O)OO2. The number of hydrogen-bond acceptors (Lipinski definition) is 4. The zero-order valence-corrected chi connectivity index (χ0v) is 12.7. The molecule has 0 saturated carbocycles. The minimum Gasteiger partial charge on any atom is -0.312 e. The molecule has 5 nitrogen and oxygen atoms in total. The van der Waals surface area contributed by atoms with Crippen molar-refractivity contribution in [2.45, 2.75) is 24.8 Å². The summed E-state index contributed by atoms with van der Waals surface area (Å²) in [6, 6.07) is 19.1. The summed E-state index contributed by atoms with van der Waals surface area (Å²) in [5, 5.41) is 2.97. The van der Waals surface area contributed by atoms with Crippen LogP contribution in [0.3, 0.4) is 0 Å². The summed E-state index contributed by atoms with van der Waals surface area (Å²) in [7, 11) is 0. The van der Waals surface area contributed by atoms with Crippen molar-refractivity contribution in [3.63, 3.8) is 0 Å². The standard InChI is InChI=1S/C18H16N2O3/c1-2-17-16(21)20-18(23-22-17,14-11-7-4-8-12-14)15(19-17)13-9-5-3-6-10-13/h3-12H,2H2,1H3,(H,20,21). The van der Waals surface area contributed by atoms with Gasteiger partial charge >= 0.3 is 0 Å². The second-order valence-corrected chi connectivity index (χ2v) is 5.63. The van der Waals surface area contributed by atoms with Gasteiger partial charge in [-0.1, -0.05) is 67.6 Å². The van der Waals surface area contributed by atoms with Crippen molar-refractivity contribution in [2.75, 3.05) is 0 Å². The third-order valence-electron chi connectivity index (χ3n) is 4.28. The highest BCUT2D eigenvalue weighted by atomic mass is 17.2. The molecular formula is C18H16N2O3. The topological polar surface area (TPSA) is 59.9 Å². The highest BCUT2D eigenvalue weighted by Gasteiger charge is 2.60. The van der Waals surface area contributed by atoms with E-state index in [0.29, 0.717) is 12.1 Å². The van der Waals surface area contributed by atoms with Gasteiger partial charge in [-0.05, 0) is 0 Å². The molecule has 0 aliphatic carbocycles. The molecule has 0 radical (unpaired) electrons. The van der Waals surface area contributed by atoms with Crippen molar-refractivity contribution < 1.29 is 14.6 Å². The molecule has 23 heavy (non-hydrogen) atoms. The Morgan fingerprint density at radius 2 is 1.65 bits per heavy atom. The maximum atomic E-state index is 12.5. The monoisotopic (exact) mass is 308 g/mol. The molecule has 2 bridgehead atoms. The Labute approximate surface area is 133 Å². The lowest BCUT2D eigenvalue weighted by Gasteiger charge is -2.48. The Morgan fingerprint density at radius 1 is 1.00 bits per heavy atom. The number of carbonyl (C=O) groups is 1. The van der Waals surface area contributed by atoms with E-state index in [1.807, 2.05) is 67.6 Å². The molecule has 1 fully saturated rings. The van der Waals surface area contributed by atoms with Gasteiger partial charge in [-0.15, -0.1) is 0 Å². The predicted octanol–water partition coefficient (Wildman–Crippen LogP) is 2.53. The first-order valence-electron chi connectivity index (χ1n) is 7.61. The van der Waals surface area contributed by atoms with Gasteiger partial charge in [0.15, 0.2) is 0 Å². The van der Waals surface area contributed by atoms with E-state index in [1.54, 1.807) is 0 Å². The number of nitrogens with zero attached hydrogens (tertiary/aromatic N) is 1. The molecule has 1 N–H and O–H groups in total. The summed E-state index contributed by atoms with van der Waals surface area (Å²) >= 11 is 0. The second-order valence-electron chi connectivity index (χ2n) is 5.63. The minimum absolute atomic E-state index is 0.283. The van der Waals surface area contributed by atoms with Gasteiger partial charge in [-0.25, -0.2) is 4.99 Å². The number of aliphatic imine (C=N–C) groups is 1. The zero-order chi connectivity index (χ0) is 15.9. The van der Waals surface area contributed by atoms with Crippen LogP contribution in [0.15, 0.2) is 65.7 Å². The van der Waals surface area contributed by atoms with Gasteiger partial charge in [-0.3, -0.25) is 4.79 Å². The van der Waals surface area contributed by atoms with Crippen LogP contribution in [0.4, 0.5) is 0 Å². The summed E-state index contributed by atoms with van der Waals surface area (Å²) in [6.45, 7) is 1.84. The summed E-state index contributed by atoms with van der Waals surface area (Å²) in [5.41, 5.74) is -0.243. The Bertz CT molecular complexity index is 775. The van der Waals surface area contributed by atoms with Gasteiger partial charge in [0.1, 0.15) is 5.71 Å². The van der Waals surface area contributed by atoms with Crippen LogP contribution >= 0.6 is 0 Å². The van der Waals surface area contributed by atoms with E-state index in [4.69, 9.17) is 9.78 Å². The van der Waals surface area contributed by atoms with Crippen LogP contribution in [0.25, 0.3) is 0 Å². The Balaban J connectivity index is 1.96. The van der Waals surface area contributed by atoms with Crippen molar-refractivity contribution in [3.8, 4) is 0 Å². The van der Waals surface area contributed by atoms with E-state index in [2.05, 4.69) is 10.3 Å². The minimum atomic E-state index is -1.32. The molecule has 2 aromatic rings. The first-order chi connectivity index (χ1) is 11.2. The van der Waals surface area contributed by atoms with Crippen molar-refractivity contribution >= 4 is 11.6 Å². The molecule has 5 heteroatoms. The summed E-state index contributed by atoms with van der Waals surface area (Å²) in [5.74, 6) is -0.283. The quantitative estimate of drug-likeness (QED) is 0.886. The van der Waals surface area contributed by atoms with Crippen molar-refractivity contribution in [2.24, 2.45) is 4.99 Å². The average Bonchev–Trinajstić information content (AvgIpc) is 2.63. The molecule has 3 heterocycles. The fourth-order valence-electron chi connectivity index (χ4n) is 2.97. The molecule has 3 aliphatic rings. The molecular weight excluding hydrogens is 292 g/mol. The molecule has 5 rings (SSSR count). The molecule has 1 saturated heterocycles. The molecule has 3 aliphatic heterocycles. The normalized spacial score (nSPS) is 29.1. The third kappa shape index (κ3) is 1.94. The summed E-state index contributed by atoms with van der Waals surface area (Å²) in [6.07, 6.45) is 0.389. The highest BCUT2D eigenvalue weighted by molar-refractivity contribution is 6.12. The molecule has 116 valence electrons. The first-order valence-corrected chi connectivity index (χ1v) is 7.61. The van der Waals surface area contributed by atoms with E-state index >= 15 is 0 Å². The average molecular weight is 308 g/mol. The maximum Gasteiger partial charge on any atom is 0.281 e. The van der Waals surface area contributed by atoms with Crippen LogP contribution in [0, 0.1) is 0 Å². The van der Waals surface area contributed by atoms with Crippen molar-refractivity contribution in [1.82, 2.24) is 5.32 Å². The largest absolute Gasteiger partial charge is 0.312 e.